The molecular formula is C13H17N5O4. The van der Waals surface area contributed by atoms with Gasteiger partial charge in [0.2, 0.25) is 0 Å². The molecule has 0 atom stereocenters. The summed E-state index contributed by atoms with van der Waals surface area (Å²) >= 11 is 0. The smallest absolute Gasteiger partial charge is 0.290 e. The number of nitrogens with one attached hydrogen (secondary N) is 1. The number of nitrogens with zero attached hydrogens (tertiary/aromatic N) is 2. The second kappa shape index (κ2) is 7.64. The van der Waals surface area contributed by atoms with E-state index in [1.54, 1.807) is 6.20 Å². The van der Waals surface area contributed by atoms with Gasteiger partial charge in [-0.15, -0.1) is 0 Å². The van der Waals surface area contributed by atoms with E-state index in [0.29, 0.717) is 28.0 Å². The number of anilines is 1. The zero-order chi connectivity index (χ0) is 16.7. The number of rotatable bonds is 4. The number of Topliss-reactive ketones (excluding diaryl/α,β-unsaturated/α-hetero) is 1. The third kappa shape index (κ3) is 3.33. The minimum absolute atomic E-state index is 0.0698. The Hall–Kier alpha value is -3.07. The van der Waals surface area contributed by atoms with Gasteiger partial charge in [0.05, 0.1) is 24.2 Å². The number of pyridine rings is 1. The molecule has 0 amide bonds. The lowest BCUT2D eigenvalue weighted by Gasteiger charge is -2.14. The van der Waals surface area contributed by atoms with Crippen molar-refractivity contribution in [1.82, 2.24) is 9.97 Å². The molecule has 0 unspecified atom stereocenters. The van der Waals surface area contributed by atoms with Crippen LogP contribution >= 0.6 is 0 Å². The maximum absolute atomic E-state index is 11.6. The van der Waals surface area contributed by atoms with E-state index in [1.165, 1.54) is 37.6 Å². The quantitative estimate of drug-likeness (QED) is 0.277. The summed E-state index contributed by atoms with van der Waals surface area (Å²) in [4.78, 5) is 27.2. The molecule has 0 radical (unpaired) electrons. The first-order valence-corrected chi connectivity index (χ1v) is 6.06. The average molecular weight is 307 g/mol. The number of carboxylic acid groups (broad SMARTS) is 1. The van der Waals surface area contributed by atoms with E-state index in [-0.39, 0.29) is 12.3 Å². The third-order valence-corrected chi connectivity index (χ3v) is 2.74. The lowest BCUT2D eigenvalue weighted by Crippen LogP contribution is -2.25. The molecule has 0 aliphatic heterocycles. The van der Waals surface area contributed by atoms with Crippen molar-refractivity contribution < 1.29 is 19.4 Å². The zero-order valence-electron chi connectivity index (χ0n) is 12.1. The predicted molar refractivity (Wildman–Crippen MR) is 81.3 cm³/mol. The van der Waals surface area contributed by atoms with Crippen LogP contribution in [-0.2, 0) is 4.79 Å². The fraction of sp³-hybridized carbons (Fsp3) is 0.154. The highest BCUT2D eigenvalue weighted by molar-refractivity contribution is 6.11. The van der Waals surface area contributed by atoms with Crippen LogP contribution in [0.2, 0.25) is 0 Å². The third-order valence-electron chi connectivity index (χ3n) is 2.74. The summed E-state index contributed by atoms with van der Waals surface area (Å²) < 4.78 is 5.23. The van der Waals surface area contributed by atoms with Crippen molar-refractivity contribution in [2.75, 3.05) is 12.1 Å². The number of H-pyrrole nitrogens is 1. The predicted octanol–water partition coefficient (Wildman–Crippen LogP) is 0.585. The van der Waals surface area contributed by atoms with E-state index in [4.69, 9.17) is 26.2 Å². The molecule has 2 rings (SSSR count). The van der Waals surface area contributed by atoms with Crippen molar-refractivity contribution in [3.63, 3.8) is 0 Å². The van der Waals surface area contributed by atoms with Gasteiger partial charge in [-0.25, -0.2) is 10.8 Å². The van der Waals surface area contributed by atoms with Crippen LogP contribution in [0.5, 0.6) is 5.75 Å². The van der Waals surface area contributed by atoms with Crippen LogP contribution in [0.15, 0.2) is 24.8 Å². The number of methoxy groups -OCH3 is 1. The standard InChI is InChI=1S/C12H15N5O2.CH2O2/c1-7(18)8-5-15-11-10(8)9(19-2)6-16-12(11)17(14)4-3-13;2-1-3/h3-6,15H,13-14H2,1-2H3;1H,(H,2,3)/b4-3-;. The van der Waals surface area contributed by atoms with Crippen molar-refractivity contribution in [3.8, 4) is 5.75 Å². The minimum atomic E-state index is -0.250. The first kappa shape index (κ1) is 17.0. The Kier molecular flexibility index (Phi) is 5.90. The number of fused-ring (bicyclic) bond motifs is 1. The van der Waals surface area contributed by atoms with Gasteiger partial charge in [0.1, 0.15) is 5.75 Å². The van der Waals surface area contributed by atoms with Crippen LogP contribution in [0.4, 0.5) is 5.82 Å². The molecule has 2 aromatic heterocycles. The van der Waals surface area contributed by atoms with Crippen molar-refractivity contribution in [1.29, 1.82) is 0 Å². The molecule has 2 heterocycles. The molecule has 0 aliphatic carbocycles. The van der Waals surface area contributed by atoms with E-state index in [0.717, 1.165) is 0 Å². The van der Waals surface area contributed by atoms with Gasteiger partial charge in [0.15, 0.2) is 11.6 Å². The first-order chi connectivity index (χ1) is 10.5. The molecule has 0 saturated heterocycles. The Bertz CT molecular complexity index is 695. The summed E-state index contributed by atoms with van der Waals surface area (Å²) in [5.41, 5.74) is 6.45. The molecule has 118 valence electrons. The van der Waals surface area contributed by atoms with Crippen molar-refractivity contribution in [2.45, 2.75) is 6.92 Å². The molecular weight excluding hydrogens is 290 g/mol. The highest BCUT2D eigenvalue weighted by Crippen LogP contribution is 2.33. The SMILES string of the molecule is COc1cnc(N(N)/C=C\N)c2[nH]cc(C(C)=O)c12.O=CO. The molecule has 22 heavy (non-hydrogen) atoms. The average Bonchev–Trinajstić information content (AvgIpc) is 2.92. The number of carbonyl (C=O) groups excluding carboxylic acids is 1. The molecule has 0 saturated carbocycles. The maximum atomic E-state index is 11.6. The summed E-state index contributed by atoms with van der Waals surface area (Å²) in [6.07, 6.45) is 5.89. The number of hydrogen-bond acceptors (Lipinski definition) is 7. The highest BCUT2D eigenvalue weighted by atomic mass is 16.5. The molecule has 6 N–H and O–H groups in total. The van der Waals surface area contributed by atoms with Gasteiger partial charge in [-0.3, -0.25) is 14.6 Å². The summed E-state index contributed by atoms with van der Waals surface area (Å²) in [7, 11) is 1.52. The van der Waals surface area contributed by atoms with Gasteiger partial charge in [-0.05, 0) is 6.92 Å². The fourth-order valence-corrected chi connectivity index (χ4v) is 1.90. The second-order valence-corrected chi connectivity index (χ2v) is 4.01. The molecule has 2 aromatic rings. The zero-order valence-corrected chi connectivity index (χ0v) is 12.1. The molecule has 0 spiro atoms. The van der Waals surface area contributed by atoms with Crippen LogP contribution in [0.1, 0.15) is 17.3 Å². The Morgan fingerprint density at radius 2 is 2.18 bits per heavy atom. The van der Waals surface area contributed by atoms with Crippen LogP contribution in [0.3, 0.4) is 0 Å². The van der Waals surface area contributed by atoms with Gasteiger partial charge < -0.3 is 20.6 Å². The Morgan fingerprint density at radius 3 is 2.68 bits per heavy atom. The number of nitrogens with two attached hydrogens (primary N) is 2. The van der Waals surface area contributed by atoms with E-state index < -0.39 is 0 Å². The number of hydrogen-bond donors (Lipinski definition) is 4. The molecule has 0 aromatic carbocycles. The van der Waals surface area contributed by atoms with Crippen molar-refractivity contribution >= 4 is 29.0 Å². The van der Waals surface area contributed by atoms with Gasteiger partial charge in [-0.2, -0.15) is 0 Å². The van der Waals surface area contributed by atoms with Gasteiger partial charge in [0.25, 0.3) is 6.47 Å². The van der Waals surface area contributed by atoms with E-state index in [2.05, 4.69) is 9.97 Å². The number of aromatic nitrogens is 2. The van der Waals surface area contributed by atoms with Crippen molar-refractivity contribution in [2.24, 2.45) is 11.6 Å². The molecule has 9 heteroatoms. The fourth-order valence-electron chi connectivity index (χ4n) is 1.90. The number of hydrazine groups is 1. The molecule has 0 aliphatic rings. The van der Waals surface area contributed by atoms with Gasteiger partial charge >= 0.3 is 0 Å². The molecule has 0 fully saturated rings. The molecule has 9 nitrogen and oxygen atoms in total. The Labute approximate surface area is 126 Å². The number of carbonyl (C=O) groups is 2. The topological polar surface area (TPSA) is 148 Å². The Balaban J connectivity index is 0.000000745. The molecule has 0 bridgehead atoms. The number of ketones is 1. The normalized spacial score (nSPS) is 10.1. The van der Waals surface area contributed by atoms with Crippen molar-refractivity contribution in [3.05, 3.63) is 30.4 Å². The summed E-state index contributed by atoms with van der Waals surface area (Å²) in [5, 5.41) is 8.81. The van der Waals surface area contributed by atoms with Gasteiger partial charge in [-0.1, -0.05) is 0 Å². The van der Waals surface area contributed by atoms with E-state index in [1.807, 2.05) is 0 Å². The van der Waals surface area contributed by atoms with E-state index >= 15 is 0 Å². The first-order valence-electron chi connectivity index (χ1n) is 6.06. The number of aromatic amines is 1. The van der Waals surface area contributed by atoms with Crippen LogP contribution in [-0.4, -0.2) is 34.4 Å². The second-order valence-electron chi connectivity index (χ2n) is 4.01. The largest absolute Gasteiger partial charge is 0.494 e. The minimum Gasteiger partial charge on any atom is -0.494 e. The lowest BCUT2D eigenvalue weighted by atomic mass is 10.1. The van der Waals surface area contributed by atoms with Gasteiger partial charge in [0, 0.05) is 24.2 Å². The summed E-state index contributed by atoms with van der Waals surface area (Å²) in [5.74, 6) is 6.70. The summed E-state index contributed by atoms with van der Waals surface area (Å²) in [6.45, 7) is 1.24. The number of ether oxygens (including phenoxy) is 1. The lowest BCUT2D eigenvalue weighted by molar-refractivity contribution is -0.122. The van der Waals surface area contributed by atoms with E-state index in [9.17, 15) is 4.79 Å². The highest BCUT2D eigenvalue weighted by Gasteiger charge is 2.18. The maximum Gasteiger partial charge on any atom is 0.290 e. The Morgan fingerprint density at radius 1 is 1.55 bits per heavy atom. The monoisotopic (exact) mass is 307 g/mol. The van der Waals surface area contributed by atoms with Crippen LogP contribution in [0.25, 0.3) is 10.9 Å². The van der Waals surface area contributed by atoms with Crippen LogP contribution in [0, 0.1) is 0 Å². The van der Waals surface area contributed by atoms with Crippen LogP contribution < -0.4 is 21.3 Å². The summed E-state index contributed by atoms with van der Waals surface area (Å²) in [6, 6.07) is 0.